The Kier molecular flexibility index (Phi) is 6.99. The second-order valence-electron chi connectivity index (χ2n) is 9.30. The van der Waals surface area contributed by atoms with E-state index in [9.17, 15) is 27.8 Å². The molecule has 1 saturated heterocycles. The minimum atomic E-state index is -2.49. The molecule has 0 radical (unpaired) electrons. The first-order chi connectivity index (χ1) is 17.2. The second kappa shape index (κ2) is 10.0. The van der Waals surface area contributed by atoms with Crippen LogP contribution in [0.1, 0.15) is 30.9 Å². The molecule has 192 valence electrons. The zero-order valence-corrected chi connectivity index (χ0v) is 21.0. The number of hydrogen-bond donors (Lipinski definition) is 3. The Morgan fingerprint density at radius 1 is 1.08 bits per heavy atom. The highest BCUT2D eigenvalue weighted by Gasteiger charge is 2.39. The molecule has 7 nitrogen and oxygen atoms in total. The summed E-state index contributed by atoms with van der Waals surface area (Å²) in [5.74, 6) is -2.13. The van der Waals surface area contributed by atoms with Gasteiger partial charge in [0, 0.05) is 24.7 Å². The Balaban J connectivity index is 1.51. The molecule has 1 saturated carbocycles. The number of aliphatic carboxylic acids is 1. The Hall–Kier alpha value is -2.60. The normalized spacial score (nSPS) is 24.9. The van der Waals surface area contributed by atoms with Crippen LogP contribution in [0, 0.1) is 11.7 Å². The number of alkyl halides is 1. The van der Waals surface area contributed by atoms with Crippen molar-refractivity contribution in [3.63, 3.8) is 0 Å². The van der Waals surface area contributed by atoms with E-state index in [0.29, 0.717) is 47.4 Å². The van der Waals surface area contributed by atoms with Crippen LogP contribution in [0.25, 0.3) is 21.1 Å². The number of thiazole rings is 1. The number of carboxylic acids is 1. The van der Waals surface area contributed by atoms with Crippen molar-refractivity contribution in [2.24, 2.45) is 5.92 Å². The summed E-state index contributed by atoms with van der Waals surface area (Å²) in [4.78, 5) is 23.9. The number of pyridine rings is 1. The summed E-state index contributed by atoms with van der Waals surface area (Å²) in [7, 11) is -2.49. The summed E-state index contributed by atoms with van der Waals surface area (Å²) in [6.45, 7) is 1.11. The van der Waals surface area contributed by atoms with Gasteiger partial charge in [0.1, 0.15) is 17.0 Å². The quantitative estimate of drug-likeness (QED) is 0.374. The highest BCUT2D eigenvalue weighted by atomic mass is 32.3. The van der Waals surface area contributed by atoms with Gasteiger partial charge < -0.3 is 10.0 Å². The van der Waals surface area contributed by atoms with Crippen molar-refractivity contribution in [1.82, 2.24) is 9.97 Å². The Labute approximate surface area is 213 Å². The van der Waals surface area contributed by atoms with Gasteiger partial charge in [-0.3, -0.25) is 18.9 Å². The van der Waals surface area contributed by atoms with Gasteiger partial charge in [0.05, 0.1) is 39.9 Å². The molecule has 11 heteroatoms. The van der Waals surface area contributed by atoms with Crippen LogP contribution >= 0.6 is 21.9 Å². The van der Waals surface area contributed by atoms with Gasteiger partial charge in [0.25, 0.3) is 0 Å². The van der Waals surface area contributed by atoms with Crippen LogP contribution in [0.2, 0.25) is 0 Å². The first-order valence-corrected chi connectivity index (χ1v) is 14.5. The third-order valence-corrected chi connectivity index (χ3v) is 9.74. The minimum Gasteiger partial charge on any atom is -0.481 e. The van der Waals surface area contributed by atoms with Gasteiger partial charge in [-0.1, -0.05) is 12.1 Å². The van der Waals surface area contributed by atoms with Gasteiger partial charge in [-0.05, 0) is 49.1 Å². The number of aromatic nitrogens is 2. The van der Waals surface area contributed by atoms with Gasteiger partial charge >= 0.3 is 5.97 Å². The fourth-order valence-corrected chi connectivity index (χ4v) is 7.28. The van der Waals surface area contributed by atoms with Crippen LogP contribution in [0.4, 0.5) is 14.5 Å². The maximum atomic E-state index is 14.1. The molecule has 0 amide bonds. The number of halogens is 2. The molecule has 2 fully saturated rings. The number of carbonyl (C=O) groups is 1. The van der Waals surface area contributed by atoms with Gasteiger partial charge in [0.15, 0.2) is 0 Å². The van der Waals surface area contributed by atoms with E-state index in [4.69, 9.17) is 4.98 Å². The van der Waals surface area contributed by atoms with E-state index < -0.39 is 40.4 Å². The highest BCUT2D eigenvalue weighted by molar-refractivity contribution is 8.24. The summed E-state index contributed by atoms with van der Waals surface area (Å²) in [6, 6.07) is 10.6. The SMILES string of the molecule is O=C(O)C1CC(F)CCC1c1nc(-c2ccc(F)cn2)sc1-c1ccc(N2CCS(O)(O)CC2)cc1. The summed E-state index contributed by atoms with van der Waals surface area (Å²) in [5, 5.41) is 10.4. The molecule has 3 atom stereocenters. The lowest BCUT2D eigenvalue weighted by Crippen LogP contribution is -2.38. The molecule has 3 heterocycles. The molecular weight excluding hydrogens is 508 g/mol. The number of hydrogen-bond acceptors (Lipinski definition) is 7. The fraction of sp³-hybridized carbons (Fsp3) is 0.400. The third-order valence-electron chi connectivity index (χ3n) is 6.93. The van der Waals surface area contributed by atoms with E-state index in [-0.39, 0.29) is 12.8 Å². The largest absolute Gasteiger partial charge is 0.481 e. The number of anilines is 1. The third kappa shape index (κ3) is 5.24. The van der Waals surface area contributed by atoms with Crippen molar-refractivity contribution >= 4 is 33.6 Å². The van der Waals surface area contributed by atoms with E-state index in [2.05, 4.69) is 9.88 Å². The van der Waals surface area contributed by atoms with Crippen molar-refractivity contribution < 1.29 is 27.8 Å². The topological polar surface area (TPSA) is 107 Å². The molecule has 2 aromatic heterocycles. The van der Waals surface area contributed by atoms with Gasteiger partial charge in [-0.2, -0.15) is 10.6 Å². The van der Waals surface area contributed by atoms with Crippen LogP contribution in [0.3, 0.4) is 0 Å². The van der Waals surface area contributed by atoms with Crippen molar-refractivity contribution in [1.29, 1.82) is 0 Å². The van der Waals surface area contributed by atoms with Crippen molar-refractivity contribution in [3.05, 3.63) is 54.1 Å². The average Bonchev–Trinajstić information content (AvgIpc) is 3.30. The number of benzene rings is 1. The first kappa shape index (κ1) is 25.1. The van der Waals surface area contributed by atoms with Crippen LogP contribution in [0.5, 0.6) is 0 Å². The molecule has 3 unspecified atom stereocenters. The molecule has 0 bridgehead atoms. The molecule has 3 aromatic rings. The van der Waals surface area contributed by atoms with Crippen LogP contribution < -0.4 is 4.90 Å². The van der Waals surface area contributed by atoms with Crippen LogP contribution in [-0.2, 0) is 4.79 Å². The maximum absolute atomic E-state index is 14.1. The number of rotatable bonds is 5. The number of nitrogens with zero attached hydrogens (tertiary/aromatic N) is 3. The molecule has 1 aromatic carbocycles. The molecule has 5 rings (SSSR count). The van der Waals surface area contributed by atoms with E-state index in [1.807, 2.05) is 24.3 Å². The lowest BCUT2D eigenvalue weighted by atomic mass is 9.76. The van der Waals surface area contributed by atoms with Gasteiger partial charge in [-0.15, -0.1) is 11.3 Å². The summed E-state index contributed by atoms with van der Waals surface area (Å²) in [6.07, 6.45) is 0.581. The zero-order chi connectivity index (χ0) is 25.4. The van der Waals surface area contributed by atoms with E-state index in [0.717, 1.165) is 22.3 Å². The van der Waals surface area contributed by atoms with E-state index in [1.54, 1.807) is 6.07 Å². The second-order valence-corrected chi connectivity index (χ2v) is 12.7. The molecule has 2 aliphatic rings. The molecule has 36 heavy (non-hydrogen) atoms. The highest BCUT2D eigenvalue weighted by Crippen LogP contribution is 2.46. The zero-order valence-electron chi connectivity index (χ0n) is 19.4. The standard InChI is InChI=1S/C25H27F2N3O4S2/c26-16-3-7-19(20(13-16)25(31)32)22-23(35-24(29-22)21-8-4-17(27)14-28-21)15-1-5-18(6-2-15)30-9-11-36(33,34)12-10-30/h1-2,4-6,8,14,16,19-20,33-34H,3,7,9-13H2,(H,31,32). The predicted molar refractivity (Wildman–Crippen MR) is 138 cm³/mol. The maximum Gasteiger partial charge on any atom is 0.307 e. The summed E-state index contributed by atoms with van der Waals surface area (Å²) in [5.41, 5.74) is 2.91. The molecule has 3 N–H and O–H groups in total. The smallest absolute Gasteiger partial charge is 0.307 e. The molecule has 1 aliphatic carbocycles. The fourth-order valence-electron chi connectivity index (χ4n) is 4.93. The van der Waals surface area contributed by atoms with Crippen LogP contribution in [0.15, 0.2) is 42.6 Å². The molecular formula is C25H27F2N3O4S2. The number of carboxylic acid groups (broad SMARTS) is 1. The average molecular weight is 536 g/mol. The lowest BCUT2D eigenvalue weighted by molar-refractivity contribution is -0.144. The van der Waals surface area contributed by atoms with Crippen molar-refractivity contribution in [2.45, 2.75) is 31.4 Å². The van der Waals surface area contributed by atoms with Crippen LogP contribution in [-0.4, -0.2) is 60.9 Å². The molecule has 1 aliphatic heterocycles. The Morgan fingerprint density at radius 3 is 2.44 bits per heavy atom. The molecule has 0 spiro atoms. The Bertz CT molecular complexity index is 1230. The van der Waals surface area contributed by atoms with Gasteiger partial charge in [0.2, 0.25) is 0 Å². The van der Waals surface area contributed by atoms with Gasteiger partial charge in [-0.25, -0.2) is 13.8 Å². The van der Waals surface area contributed by atoms with Crippen molar-refractivity contribution in [2.75, 3.05) is 29.5 Å². The Morgan fingerprint density at radius 2 is 1.81 bits per heavy atom. The lowest BCUT2D eigenvalue weighted by Gasteiger charge is -2.41. The van der Waals surface area contributed by atoms with Crippen molar-refractivity contribution in [3.8, 4) is 21.1 Å². The summed E-state index contributed by atoms with van der Waals surface area (Å²) < 4.78 is 47.3. The minimum absolute atomic E-state index is 0.0474. The predicted octanol–water partition coefficient (Wildman–Crippen LogP) is 5.89. The van der Waals surface area contributed by atoms with E-state index in [1.165, 1.54) is 17.4 Å². The summed E-state index contributed by atoms with van der Waals surface area (Å²) >= 11 is 1.36. The first-order valence-electron chi connectivity index (χ1n) is 11.8. The monoisotopic (exact) mass is 535 g/mol. The van der Waals surface area contributed by atoms with E-state index >= 15 is 0 Å².